The van der Waals surface area contributed by atoms with Crippen LogP contribution in [0.1, 0.15) is 48.0 Å². The quantitative estimate of drug-likeness (QED) is 0.183. The van der Waals surface area contributed by atoms with E-state index in [4.69, 9.17) is 16.7 Å². The van der Waals surface area contributed by atoms with Crippen LogP contribution in [0, 0.1) is 11.3 Å². The number of halogens is 1. The number of carboxylic acid groups (broad SMARTS) is 1. The van der Waals surface area contributed by atoms with Gasteiger partial charge in [-0.25, -0.2) is 4.98 Å². The van der Waals surface area contributed by atoms with Gasteiger partial charge in [-0.15, -0.1) is 0 Å². The lowest BCUT2D eigenvalue weighted by Gasteiger charge is -2.12. The van der Waals surface area contributed by atoms with E-state index in [0.717, 1.165) is 41.8 Å². The molecule has 1 aromatic heterocycles. The minimum Gasteiger partial charge on any atom is -0.481 e. The Morgan fingerprint density at radius 1 is 1.09 bits per heavy atom. The first kappa shape index (κ1) is 29.8. The number of unbranched alkanes of at least 4 members (excludes halogenated alkanes) is 1. The Morgan fingerprint density at radius 3 is 2.51 bits per heavy atom. The minimum atomic E-state index is -0.897. The summed E-state index contributed by atoms with van der Waals surface area (Å²) in [5, 5.41) is 22.3. The van der Waals surface area contributed by atoms with E-state index in [9.17, 15) is 14.9 Å². The number of imidazole rings is 1. The van der Waals surface area contributed by atoms with Gasteiger partial charge in [0.2, 0.25) is 0 Å². The van der Waals surface area contributed by atoms with E-state index in [0.29, 0.717) is 44.3 Å². The lowest BCUT2D eigenvalue weighted by Crippen LogP contribution is -2.08. The van der Waals surface area contributed by atoms with E-state index in [1.165, 1.54) is 11.8 Å². The van der Waals surface area contributed by atoms with Gasteiger partial charge in [0, 0.05) is 18.7 Å². The number of rotatable bonds is 10. The molecule has 1 amide bonds. The van der Waals surface area contributed by atoms with Gasteiger partial charge in [-0.1, -0.05) is 79.5 Å². The number of anilines is 1. The molecule has 8 nitrogen and oxygen atoms in total. The van der Waals surface area contributed by atoms with Crippen LogP contribution in [0.4, 0.5) is 5.69 Å². The van der Waals surface area contributed by atoms with Gasteiger partial charge in [-0.05, 0) is 64.7 Å². The van der Waals surface area contributed by atoms with Crippen LogP contribution in [0.5, 0.6) is 0 Å². The number of carbonyl (C=O) groups is 2. The Morgan fingerprint density at radius 2 is 1.81 bits per heavy atom. The molecule has 0 bridgehead atoms. The molecule has 216 valence electrons. The second-order valence-corrected chi connectivity index (χ2v) is 11.4. The molecule has 0 spiro atoms. The number of hydrogen-bond donors (Lipinski definition) is 2. The summed E-state index contributed by atoms with van der Waals surface area (Å²) in [4.78, 5) is 33.0. The van der Waals surface area contributed by atoms with Crippen LogP contribution in [-0.2, 0) is 29.0 Å². The van der Waals surface area contributed by atoms with Crippen LogP contribution < -0.4 is 5.32 Å². The summed E-state index contributed by atoms with van der Waals surface area (Å²) >= 11 is 7.86. The van der Waals surface area contributed by atoms with E-state index in [-0.39, 0.29) is 12.3 Å². The van der Waals surface area contributed by atoms with Gasteiger partial charge in [0.1, 0.15) is 5.82 Å². The summed E-state index contributed by atoms with van der Waals surface area (Å²) in [6, 6.07) is 24.8. The average Bonchev–Trinajstić information content (AvgIpc) is 3.50. The molecular formula is C33H28ClN5O3S. The van der Waals surface area contributed by atoms with E-state index in [2.05, 4.69) is 28.3 Å². The smallest absolute Gasteiger partial charge is 0.307 e. The van der Waals surface area contributed by atoms with Crippen LogP contribution >= 0.6 is 23.4 Å². The molecule has 0 saturated heterocycles. The first-order valence-corrected chi connectivity index (χ1v) is 15.0. The van der Waals surface area contributed by atoms with Gasteiger partial charge in [0.25, 0.3) is 5.91 Å². The summed E-state index contributed by atoms with van der Waals surface area (Å²) in [6.45, 7) is 2.63. The van der Waals surface area contributed by atoms with Crippen molar-refractivity contribution in [2.45, 2.75) is 39.2 Å². The Bertz CT molecular complexity index is 1770. The van der Waals surface area contributed by atoms with Gasteiger partial charge >= 0.3 is 5.97 Å². The topological polar surface area (TPSA) is 120 Å². The Hall–Kier alpha value is -4.65. The molecule has 0 saturated carbocycles. The zero-order valence-electron chi connectivity index (χ0n) is 23.4. The number of carbonyl (C=O) groups excluding carboxylic acids is 1. The standard InChI is InChI=1S/C33H28ClN5O3S/c1-2-3-8-29-37-31(34)27(39(29)20-22-9-13-23(14-10-22)26-7-5-4-6-24(26)19-35)18-28-32(42)38-33(43-28)36-25-15-11-21(12-16-25)17-30(40)41/h4-7,9-16,18H,2-3,8,17,20H2,1H3,(H,40,41)(H,36,38,42)/b28-18+. The lowest BCUT2D eigenvalue weighted by molar-refractivity contribution is -0.136. The van der Waals surface area contributed by atoms with Crippen molar-refractivity contribution < 1.29 is 14.7 Å². The number of amidine groups is 1. The van der Waals surface area contributed by atoms with E-state index in [1.54, 1.807) is 30.3 Å². The van der Waals surface area contributed by atoms with Crippen LogP contribution in [0.3, 0.4) is 0 Å². The van der Waals surface area contributed by atoms with Crippen LogP contribution in [0.2, 0.25) is 5.15 Å². The SMILES string of the molecule is CCCCc1nc(Cl)c(/C=C2/SC(Nc3ccc(CC(=O)O)cc3)=NC2=O)n1Cc1ccc(-c2ccccc2C#N)cc1. The van der Waals surface area contributed by atoms with E-state index >= 15 is 0 Å². The number of amides is 1. The van der Waals surface area contributed by atoms with Gasteiger partial charge < -0.3 is 15.0 Å². The molecular weight excluding hydrogens is 582 g/mol. The van der Waals surface area contributed by atoms with Crippen LogP contribution in [0.15, 0.2) is 82.7 Å². The predicted molar refractivity (Wildman–Crippen MR) is 171 cm³/mol. The summed E-state index contributed by atoms with van der Waals surface area (Å²) in [5.74, 6) is -0.436. The second-order valence-electron chi connectivity index (χ2n) is 9.97. The molecule has 43 heavy (non-hydrogen) atoms. The Labute approximate surface area is 258 Å². The van der Waals surface area contributed by atoms with Crippen molar-refractivity contribution in [2.24, 2.45) is 4.99 Å². The molecule has 0 fully saturated rings. The van der Waals surface area contributed by atoms with Crippen molar-refractivity contribution in [3.8, 4) is 17.2 Å². The van der Waals surface area contributed by atoms with Gasteiger partial charge in [-0.2, -0.15) is 10.3 Å². The molecule has 4 aromatic rings. The lowest BCUT2D eigenvalue weighted by atomic mass is 9.99. The number of nitriles is 1. The number of nitrogens with one attached hydrogen (secondary N) is 1. The molecule has 10 heteroatoms. The second kappa shape index (κ2) is 13.6. The highest BCUT2D eigenvalue weighted by Gasteiger charge is 2.24. The zero-order chi connectivity index (χ0) is 30.3. The Balaban J connectivity index is 1.37. The van der Waals surface area contributed by atoms with Gasteiger partial charge in [-0.3, -0.25) is 9.59 Å². The first-order valence-electron chi connectivity index (χ1n) is 13.8. The average molecular weight is 610 g/mol. The monoisotopic (exact) mass is 609 g/mol. The number of benzene rings is 3. The summed E-state index contributed by atoms with van der Waals surface area (Å²) in [6.07, 6.45) is 4.37. The molecule has 3 aromatic carbocycles. The fraction of sp³-hybridized carbons (Fsp3) is 0.182. The van der Waals surface area contributed by atoms with Crippen molar-refractivity contribution in [1.82, 2.24) is 9.55 Å². The highest BCUT2D eigenvalue weighted by molar-refractivity contribution is 8.18. The number of aliphatic imine (C=N–C) groups is 1. The summed E-state index contributed by atoms with van der Waals surface area (Å²) in [5.41, 5.74) is 5.50. The molecule has 0 atom stereocenters. The molecule has 0 radical (unpaired) electrons. The van der Waals surface area contributed by atoms with Crippen molar-refractivity contribution in [2.75, 3.05) is 5.32 Å². The molecule has 2 heterocycles. The van der Waals surface area contributed by atoms with Gasteiger partial charge in [0.05, 0.1) is 28.7 Å². The highest BCUT2D eigenvalue weighted by Crippen LogP contribution is 2.32. The third-order valence-corrected chi connectivity index (χ3v) is 8.07. The number of nitrogens with zero attached hydrogens (tertiary/aromatic N) is 4. The highest BCUT2D eigenvalue weighted by atomic mass is 35.5. The number of hydrogen-bond acceptors (Lipinski definition) is 6. The molecule has 2 N–H and O–H groups in total. The normalized spacial score (nSPS) is 13.7. The maximum absolute atomic E-state index is 12.9. The minimum absolute atomic E-state index is 0.0602. The molecule has 1 aliphatic rings. The first-order chi connectivity index (χ1) is 20.8. The fourth-order valence-corrected chi connectivity index (χ4v) is 5.78. The number of carboxylic acids is 1. The van der Waals surface area contributed by atoms with E-state index < -0.39 is 5.97 Å². The van der Waals surface area contributed by atoms with Crippen molar-refractivity contribution in [3.63, 3.8) is 0 Å². The number of aromatic nitrogens is 2. The summed E-state index contributed by atoms with van der Waals surface area (Å²) in [7, 11) is 0. The number of aliphatic carboxylic acids is 1. The third kappa shape index (κ3) is 7.23. The third-order valence-electron chi connectivity index (χ3n) is 6.90. The number of aryl methyl sites for hydroxylation is 1. The number of thioether (sulfide) groups is 1. The van der Waals surface area contributed by atoms with Crippen molar-refractivity contribution in [3.05, 3.63) is 111 Å². The zero-order valence-corrected chi connectivity index (χ0v) is 25.0. The van der Waals surface area contributed by atoms with Crippen LogP contribution in [0.25, 0.3) is 17.2 Å². The van der Waals surface area contributed by atoms with Crippen LogP contribution in [-0.4, -0.2) is 31.7 Å². The largest absolute Gasteiger partial charge is 0.481 e. The molecule has 0 unspecified atom stereocenters. The summed E-state index contributed by atoms with van der Waals surface area (Å²) < 4.78 is 2.05. The predicted octanol–water partition coefficient (Wildman–Crippen LogP) is 7.18. The van der Waals surface area contributed by atoms with Crippen molar-refractivity contribution >= 4 is 52.2 Å². The molecule has 0 aliphatic carbocycles. The molecule has 5 rings (SSSR count). The van der Waals surface area contributed by atoms with Crippen molar-refractivity contribution in [1.29, 1.82) is 5.26 Å². The molecule has 1 aliphatic heterocycles. The van der Waals surface area contributed by atoms with E-state index in [1.807, 2.05) is 53.1 Å². The Kier molecular flexibility index (Phi) is 9.40. The fourth-order valence-electron chi connectivity index (χ4n) is 4.72. The maximum atomic E-state index is 12.9. The maximum Gasteiger partial charge on any atom is 0.307 e. The van der Waals surface area contributed by atoms with Gasteiger partial charge in [0.15, 0.2) is 10.3 Å².